The second-order valence-electron chi connectivity index (χ2n) is 8.30. The lowest BCUT2D eigenvalue weighted by Gasteiger charge is -2.30. The van der Waals surface area contributed by atoms with E-state index in [-0.39, 0.29) is 5.92 Å². The van der Waals surface area contributed by atoms with Crippen molar-refractivity contribution in [1.29, 1.82) is 0 Å². The van der Waals surface area contributed by atoms with Gasteiger partial charge in [0, 0.05) is 18.8 Å². The number of methoxy groups -OCH3 is 2. The van der Waals surface area contributed by atoms with Gasteiger partial charge in [-0.25, -0.2) is 0 Å². The van der Waals surface area contributed by atoms with E-state index in [4.69, 9.17) is 9.47 Å². The molecule has 0 radical (unpaired) electrons. The van der Waals surface area contributed by atoms with Gasteiger partial charge in [-0.2, -0.15) is 5.10 Å². The van der Waals surface area contributed by atoms with Gasteiger partial charge >= 0.3 is 0 Å². The van der Waals surface area contributed by atoms with Crippen molar-refractivity contribution < 1.29 is 9.47 Å². The van der Waals surface area contributed by atoms with E-state index in [9.17, 15) is 0 Å². The molecule has 0 amide bonds. The van der Waals surface area contributed by atoms with E-state index in [1.165, 1.54) is 5.56 Å². The van der Waals surface area contributed by atoms with Gasteiger partial charge in [0.1, 0.15) is 5.84 Å². The Labute approximate surface area is 211 Å². The van der Waals surface area contributed by atoms with Crippen molar-refractivity contribution in [3.05, 3.63) is 84.6 Å². The molecule has 2 rings (SSSR count). The average Bonchev–Trinajstić information content (AvgIpc) is 2.89. The summed E-state index contributed by atoms with van der Waals surface area (Å²) in [5.41, 5.74) is 3.32. The first kappa shape index (κ1) is 27.9. The number of benzene rings is 2. The molecule has 2 aromatic carbocycles. The molecule has 188 valence electrons. The number of nitrogens with zero attached hydrogens (tertiary/aromatic N) is 3. The highest BCUT2D eigenvalue weighted by molar-refractivity contribution is 5.91. The van der Waals surface area contributed by atoms with Gasteiger partial charge in [-0.15, -0.1) is 5.10 Å². The summed E-state index contributed by atoms with van der Waals surface area (Å²) in [5, 5.41) is 11.9. The third kappa shape index (κ3) is 8.41. The third-order valence-electron chi connectivity index (χ3n) is 5.87. The van der Waals surface area contributed by atoms with E-state index in [1.807, 2.05) is 41.3 Å². The maximum Gasteiger partial charge on any atom is 0.164 e. The molecule has 0 saturated heterocycles. The van der Waals surface area contributed by atoms with Crippen LogP contribution >= 0.6 is 0 Å². The summed E-state index contributed by atoms with van der Waals surface area (Å²) >= 11 is 0. The van der Waals surface area contributed by atoms with Crippen LogP contribution in [0, 0.1) is 0 Å². The van der Waals surface area contributed by atoms with Gasteiger partial charge < -0.3 is 19.7 Å². The fourth-order valence-electron chi connectivity index (χ4n) is 4.08. The zero-order chi connectivity index (χ0) is 25.5. The molecule has 35 heavy (non-hydrogen) atoms. The highest BCUT2D eigenvalue weighted by Crippen LogP contribution is 2.39. The molecule has 0 saturated carbocycles. The number of rotatable bonds is 16. The Hall–Kier alpha value is -3.38. The van der Waals surface area contributed by atoms with Crippen molar-refractivity contribution in [2.24, 2.45) is 10.2 Å². The second kappa shape index (κ2) is 15.5. The highest BCUT2D eigenvalue weighted by atomic mass is 16.5. The molecule has 6 heteroatoms. The van der Waals surface area contributed by atoms with Crippen molar-refractivity contribution in [1.82, 2.24) is 10.2 Å². The number of ether oxygens (including phenoxy) is 2. The molecule has 0 spiro atoms. The van der Waals surface area contributed by atoms with Crippen molar-refractivity contribution in [2.75, 3.05) is 33.9 Å². The van der Waals surface area contributed by atoms with Crippen LogP contribution < -0.4 is 14.8 Å². The van der Waals surface area contributed by atoms with Crippen LogP contribution in [0.4, 0.5) is 0 Å². The first-order valence-corrected chi connectivity index (χ1v) is 12.1. The van der Waals surface area contributed by atoms with E-state index in [0.29, 0.717) is 24.5 Å². The van der Waals surface area contributed by atoms with Gasteiger partial charge in [0.15, 0.2) is 11.5 Å². The van der Waals surface area contributed by atoms with Gasteiger partial charge in [-0.3, -0.25) is 0 Å². The number of para-hydroxylation sites is 1. The SMILES string of the molecule is C=CN(CCc1ccccc1)/C(=N\N=C)C(CC(=C)CCNCCC)c1cccc(OC)c1OC. The molecule has 0 fully saturated rings. The van der Waals surface area contributed by atoms with E-state index < -0.39 is 0 Å². The minimum Gasteiger partial charge on any atom is -0.493 e. The summed E-state index contributed by atoms with van der Waals surface area (Å²) in [5.74, 6) is 1.93. The Bertz CT molecular complexity index is 972. The van der Waals surface area contributed by atoms with E-state index in [1.54, 1.807) is 20.4 Å². The summed E-state index contributed by atoms with van der Waals surface area (Å²) in [7, 11) is 3.30. The molecule has 1 unspecified atom stereocenters. The fraction of sp³-hybridized carbons (Fsp3) is 0.379. The highest BCUT2D eigenvalue weighted by Gasteiger charge is 2.28. The van der Waals surface area contributed by atoms with E-state index in [0.717, 1.165) is 49.3 Å². The second-order valence-corrected chi connectivity index (χ2v) is 8.30. The van der Waals surface area contributed by atoms with Crippen LogP contribution in [0.2, 0.25) is 0 Å². The molecule has 0 aliphatic rings. The van der Waals surface area contributed by atoms with Gasteiger partial charge in [0.2, 0.25) is 0 Å². The van der Waals surface area contributed by atoms with Crippen LogP contribution in [0.25, 0.3) is 0 Å². The monoisotopic (exact) mass is 476 g/mol. The zero-order valence-electron chi connectivity index (χ0n) is 21.5. The van der Waals surface area contributed by atoms with Crippen molar-refractivity contribution in [3.8, 4) is 11.5 Å². The predicted octanol–water partition coefficient (Wildman–Crippen LogP) is 5.83. The molecule has 0 bridgehead atoms. The molecule has 6 nitrogen and oxygen atoms in total. The topological polar surface area (TPSA) is 58.5 Å². The molecule has 0 aliphatic heterocycles. The third-order valence-corrected chi connectivity index (χ3v) is 5.87. The molecular weight excluding hydrogens is 436 g/mol. The summed E-state index contributed by atoms with van der Waals surface area (Å²) < 4.78 is 11.4. The van der Waals surface area contributed by atoms with Gasteiger partial charge in [-0.1, -0.05) is 68.1 Å². The van der Waals surface area contributed by atoms with Crippen LogP contribution in [-0.2, 0) is 6.42 Å². The van der Waals surface area contributed by atoms with Crippen LogP contribution in [-0.4, -0.2) is 51.3 Å². The predicted molar refractivity (Wildman–Crippen MR) is 148 cm³/mol. The largest absolute Gasteiger partial charge is 0.493 e. The Morgan fingerprint density at radius 3 is 2.49 bits per heavy atom. The molecule has 0 heterocycles. The van der Waals surface area contributed by atoms with Crippen LogP contribution in [0.3, 0.4) is 0 Å². The van der Waals surface area contributed by atoms with Gasteiger partial charge in [-0.05, 0) is 56.6 Å². The minimum atomic E-state index is -0.169. The molecule has 0 aromatic heterocycles. The summed E-state index contributed by atoms with van der Waals surface area (Å²) in [6.07, 6.45) is 5.30. The smallest absolute Gasteiger partial charge is 0.164 e. The molecular formula is C29H40N4O2. The quantitative estimate of drug-likeness (QED) is 0.109. The van der Waals surface area contributed by atoms with Crippen LogP contribution in [0.5, 0.6) is 11.5 Å². The Morgan fingerprint density at radius 1 is 1.09 bits per heavy atom. The number of hydrogen-bond acceptors (Lipinski definition) is 5. The number of nitrogens with one attached hydrogen (secondary N) is 1. The minimum absolute atomic E-state index is 0.169. The first-order chi connectivity index (χ1) is 17.1. The van der Waals surface area contributed by atoms with Gasteiger partial charge in [0.25, 0.3) is 0 Å². The van der Waals surface area contributed by atoms with Crippen molar-refractivity contribution in [3.63, 3.8) is 0 Å². The fourth-order valence-corrected chi connectivity index (χ4v) is 4.08. The van der Waals surface area contributed by atoms with Crippen LogP contribution in [0.1, 0.15) is 43.2 Å². The van der Waals surface area contributed by atoms with E-state index in [2.05, 4.69) is 54.5 Å². The summed E-state index contributed by atoms with van der Waals surface area (Å²) in [4.78, 5) is 2.05. The normalized spacial score (nSPS) is 12.0. The van der Waals surface area contributed by atoms with Crippen LogP contribution in [0.15, 0.2) is 83.7 Å². The molecule has 0 aliphatic carbocycles. The Morgan fingerprint density at radius 2 is 1.86 bits per heavy atom. The Kier molecular flexibility index (Phi) is 12.3. The van der Waals surface area contributed by atoms with Crippen molar-refractivity contribution >= 4 is 12.6 Å². The first-order valence-electron chi connectivity index (χ1n) is 12.1. The standard InChI is InChI=1S/C29H40N4O2/c1-7-19-31-20-17-23(3)22-26(25-15-12-16-27(34-5)28(25)35-6)29(32-30-4)33(8-2)21-18-24-13-10-9-11-14-24/h8-16,26,31H,2-4,7,17-22H2,1,5-6H3/b32-29-. The Balaban J connectivity index is 2.42. The molecule has 2 aromatic rings. The van der Waals surface area contributed by atoms with Crippen molar-refractivity contribution in [2.45, 2.75) is 38.5 Å². The molecule has 1 atom stereocenters. The van der Waals surface area contributed by atoms with E-state index >= 15 is 0 Å². The lowest BCUT2D eigenvalue weighted by Crippen LogP contribution is -2.33. The summed E-state index contributed by atoms with van der Waals surface area (Å²) in [6.45, 7) is 16.9. The number of amidine groups is 1. The lowest BCUT2D eigenvalue weighted by atomic mass is 9.88. The maximum atomic E-state index is 5.80. The summed E-state index contributed by atoms with van der Waals surface area (Å²) in [6, 6.07) is 16.3. The average molecular weight is 477 g/mol. The maximum absolute atomic E-state index is 5.80. The number of hydrogen-bond donors (Lipinski definition) is 1. The molecule has 1 N–H and O–H groups in total. The van der Waals surface area contributed by atoms with Gasteiger partial charge in [0.05, 0.1) is 20.1 Å². The zero-order valence-corrected chi connectivity index (χ0v) is 21.5. The lowest BCUT2D eigenvalue weighted by molar-refractivity contribution is 0.350.